The SMILES string of the molecule is O=C1[C@@H]2CC[C@H]([C@@H](O)C2)N1Cc1ccccc1. The molecule has 3 nitrogen and oxygen atoms in total. The zero-order valence-electron chi connectivity index (χ0n) is 9.75. The second kappa shape index (κ2) is 4.15. The molecule has 1 saturated carbocycles. The average molecular weight is 231 g/mol. The van der Waals surface area contributed by atoms with Gasteiger partial charge in [0.05, 0.1) is 12.1 Å². The fraction of sp³-hybridized carbons (Fsp3) is 0.500. The van der Waals surface area contributed by atoms with Gasteiger partial charge in [-0.05, 0) is 24.8 Å². The molecule has 1 aliphatic carbocycles. The fourth-order valence-corrected chi connectivity index (χ4v) is 3.09. The molecule has 3 aliphatic rings. The van der Waals surface area contributed by atoms with Crippen molar-refractivity contribution in [1.29, 1.82) is 0 Å². The van der Waals surface area contributed by atoms with Crippen molar-refractivity contribution in [2.24, 2.45) is 5.92 Å². The van der Waals surface area contributed by atoms with Crippen molar-refractivity contribution in [1.82, 2.24) is 4.90 Å². The highest BCUT2D eigenvalue weighted by Gasteiger charge is 2.45. The van der Waals surface area contributed by atoms with Crippen molar-refractivity contribution in [3.63, 3.8) is 0 Å². The lowest BCUT2D eigenvalue weighted by molar-refractivity contribution is -0.157. The number of hydrogen-bond acceptors (Lipinski definition) is 2. The summed E-state index contributed by atoms with van der Waals surface area (Å²) in [4.78, 5) is 14.0. The Labute approximate surface area is 101 Å². The van der Waals surface area contributed by atoms with Crippen LogP contribution in [0.4, 0.5) is 0 Å². The lowest BCUT2D eigenvalue weighted by atomic mass is 9.77. The van der Waals surface area contributed by atoms with E-state index in [-0.39, 0.29) is 24.0 Å². The van der Waals surface area contributed by atoms with Crippen LogP contribution in [0.25, 0.3) is 0 Å². The van der Waals surface area contributed by atoms with Crippen LogP contribution >= 0.6 is 0 Å². The van der Waals surface area contributed by atoms with Gasteiger partial charge in [-0.3, -0.25) is 4.79 Å². The van der Waals surface area contributed by atoms with Gasteiger partial charge in [0.1, 0.15) is 0 Å². The molecule has 0 unspecified atom stereocenters. The Bertz CT molecular complexity index is 417. The number of aliphatic hydroxyl groups excluding tert-OH is 1. The molecule has 1 amide bonds. The number of carbonyl (C=O) groups excluding carboxylic acids is 1. The quantitative estimate of drug-likeness (QED) is 0.839. The number of hydrogen-bond donors (Lipinski definition) is 1. The molecule has 2 saturated heterocycles. The second-order valence-corrected chi connectivity index (χ2v) is 5.10. The van der Waals surface area contributed by atoms with Gasteiger partial charge in [0.2, 0.25) is 5.91 Å². The minimum Gasteiger partial charge on any atom is -0.391 e. The lowest BCUT2D eigenvalue weighted by Crippen LogP contribution is -2.58. The van der Waals surface area contributed by atoms with Gasteiger partial charge in [-0.1, -0.05) is 30.3 Å². The number of benzene rings is 1. The molecule has 4 rings (SSSR count). The monoisotopic (exact) mass is 231 g/mol. The van der Waals surface area contributed by atoms with E-state index in [4.69, 9.17) is 0 Å². The van der Waals surface area contributed by atoms with E-state index in [9.17, 15) is 9.90 Å². The van der Waals surface area contributed by atoms with Gasteiger partial charge in [0.25, 0.3) is 0 Å². The maximum atomic E-state index is 12.2. The van der Waals surface area contributed by atoms with E-state index in [1.165, 1.54) is 0 Å². The zero-order chi connectivity index (χ0) is 11.8. The number of carbonyl (C=O) groups is 1. The largest absolute Gasteiger partial charge is 0.391 e. The molecule has 3 atom stereocenters. The van der Waals surface area contributed by atoms with Crippen LogP contribution in [0.15, 0.2) is 30.3 Å². The highest BCUT2D eigenvalue weighted by molar-refractivity contribution is 5.81. The maximum absolute atomic E-state index is 12.2. The minimum atomic E-state index is -0.324. The van der Waals surface area contributed by atoms with Crippen molar-refractivity contribution >= 4 is 5.91 Å². The van der Waals surface area contributed by atoms with Crippen LogP contribution in [0, 0.1) is 5.92 Å². The number of rotatable bonds is 2. The zero-order valence-corrected chi connectivity index (χ0v) is 9.75. The highest BCUT2D eigenvalue weighted by Crippen LogP contribution is 2.36. The summed E-state index contributed by atoms with van der Waals surface area (Å²) in [6, 6.07) is 10.0. The molecule has 1 aromatic carbocycles. The topological polar surface area (TPSA) is 40.5 Å². The predicted octanol–water partition coefficient (Wildman–Crippen LogP) is 1.56. The lowest BCUT2D eigenvalue weighted by Gasteiger charge is -2.47. The molecule has 2 aliphatic heterocycles. The van der Waals surface area contributed by atoms with Gasteiger partial charge < -0.3 is 10.0 Å². The fourth-order valence-electron chi connectivity index (χ4n) is 3.09. The van der Waals surface area contributed by atoms with E-state index in [0.29, 0.717) is 13.0 Å². The number of fused-ring (bicyclic) bond motifs is 3. The summed E-state index contributed by atoms with van der Waals surface area (Å²) >= 11 is 0. The normalized spacial score (nSPS) is 31.9. The van der Waals surface area contributed by atoms with Crippen molar-refractivity contribution in [2.75, 3.05) is 0 Å². The van der Waals surface area contributed by atoms with Crippen LogP contribution in [0.5, 0.6) is 0 Å². The molecular formula is C14H17NO2. The van der Waals surface area contributed by atoms with E-state index in [0.717, 1.165) is 18.4 Å². The molecule has 0 radical (unpaired) electrons. The number of amides is 1. The predicted molar refractivity (Wildman–Crippen MR) is 64.1 cm³/mol. The Hall–Kier alpha value is -1.35. The first kappa shape index (κ1) is 10.8. The molecule has 3 heteroatoms. The van der Waals surface area contributed by atoms with Gasteiger partial charge in [0.15, 0.2) is 0 Å². The van der Waals surface area contributed by atoms with E-state index < -0.39 is 0 Å². The third-order valence-corrected chi connectivity index (χ3v) is 4.01. The Morgan fingerprint density at radius 2 is 2.00 bits per heavy atom. The minimum absolute atomic E-state index is 0.0349. The van der Waals surface area contributed by atoms with E-state index in [2.05, 4.69) is 0 Å². The summed E-state index contributed by atoms with van der Waals surface area (Å²) in [5.74, 6) is 0.286. The van der Waals surface area contributed by atoms with Crippen LogP contribution < -0.4 is 0 Å². The molecule has 0 spiro atoms. The molecule has 1 N–H and O–H groups in total. The summed E-state index contributed by atoms with van der Waals surface area (Å²) in [6.45, 7) is 0.637. The van der Waals surface area contributed by atoms with Crippen LogP contribution in [0.2, 0.25) is 0 Å². The molecular weight excluding hydrogens is 214 g/mol. The van der Waals surface area contributed by atoms with Crippen LogP contribution in [0.3, 0.4) is 0 Å². The average Bonchev–Trinajstić information content (AvgIpc) is 2.35. The van der Waals surface area contributed by atoms with Crippen molar-refractivity contribution in [2.45, 2.75) is 38.0 Å². The summed E-state index contributed by atoms with van der Waals surface area (Å²) < 4.78 is 0. The van der Waals surface area contributed by atoms with E-state index in [1.807, 2.05) is 35.2 Å². The Morgan fingerprint density at radius 1 is 1.24 bits per heavy atom. The standard InChI is InChI=1S/C14H17NO2/c16-13-8-11-6-7-12(13)15(14(11)17)9-10-4-2-1-3-5-10/h1-5,11-13,16H,6-9H2/t11-,12-,13+/m1/s1. The molecule has 3 fully saturated rings. The van der Waals surface area contributed by atoms with E-state index in [1.54, 1.807) is 0 Å². The van der Waals surface area contributed by atoms with E-state index >= 15 is 0 Å². The molecule has 0 aromatic heterocycles. The van der Waals surface area contributed by atoms with Crippen LogP contribution in [-0.2, 0) is 11.3 Å². The van der Waals surface area contributed by atoms with Gasteiger partial charge in [-0.2, -0.15) is 0 Å². The molecule has 90 valence electrons. The number of nitrogens with zero attached hydrogens (tertiary/aromatic N) is 1. The first-order valence-corrected chi connectivity index (χ1v) is 6.28. The van der Waals surface area contributed by atoms with Gasteiger partial charge in [0, 0.05) is 12.5 Å². The number of piperidine rings is 2. The Balaban J connectivity index is 1.81. The number of aliphatic hydroxyl groups is 1. The second-order valence-electron chi connectivity index (χ2n) is 5.10. The Morgan fingerprint density at radius 3 is 2.71 bits per heavy atom. The van der Waals surface area contributed by atoms with Gasteiger partial charge >= 0.3 is 0 Å². The highest BCUT2D eigenvalue weighted by atomic mass is 16.3. The first-order chi connectivity index (χ1) is 8.25. The van der Waals surface area contributed by atoms with Crippen molar-refractivity contribution in [3.8, 4) is 0 Å². The maximum Gasteiger partial charge on any atom is 0.226 e. The Kier molecular flexibility index (Phi) is 2.63. The molecule has 2 heterocycles. The third kappa shape index (κ3) is 1.84. The van der Waals surface area contributed by atoms with Crippen LogP contribution in [0.1, 0.15) is 24.8 Å². The van der Waals surface area contributed by atoms with Crippen molar-refractivity contribution in [3.05, 3.63) is 35.9 Å². The first-order valence-electron chi connectivity index (χ1n) is 6.28. The van der Waals surface area contributed by atoms with Crippen LogP contribution in [-0.4, -0.2) is 28.1 Å². The third-order valence-electron chi connectivity index (χ3n) is 4.01. The summed E-state index contributed by atoms with van der Waals surface area (Å²) in [5.41, 5.74) is 1.14. The molecule has 2 bridgehead atoms. The van der Waals surface area contributed by atoms with Crippen molar-refractivity contribution < 1.29 is 9.90 Å². The van der Waals surface area contributed by atoms with Gasteiger partial charge in [-0.25, -0.2) is 0 Å². The molecule has 1 aromatic rings. The summed E-state index contributed by atoms with van der Waals surface area (Å²) in [6.07, 6.45) is 2.24. The summed E-state index contributed by atoms with van der Waals surface area (Å²) in [7, 11) is 0. The summed E-state index contributed by atoms with van der Waals surface area (Å²) in [5, 5.41) is 9.97. The molecule has 17 heavy (non-hydrogen) atoms. The smallest absolute Gasteiger partial charge is 0.226 e. The van der Waals surface area contributed by atoms with Gasteiger partial charge in [-0.15, -0.1) is 0 Å².